The Labute approximate surface area is 111 Å². The van der Waals surface area contributed by atoms with Crippen molar-refractivity contribution in [3.63, 3.8) is 0 Å². The first-order chi connectivity index (χ1) is 8.67. The molecule has 0 aliphatic rings. The van der Waals surface area contributed by atoms with Crippen molar-refractivity contribution in [1.29, 1.82) is 0 Å². The quantitative estimate of drug-likeness (QED) is 0.726. The number of carbonyl (C=O) groups excluding carboxylic acids is 1. The molecule has 1 unspecified atom stereocenters. The van der Waals surface area contributed by atoms with E-state index >= 15 is 0 Å². The highest BCUT2D eigenvalue weighted by Crippen LogP contribution is 2.07. The SMILES string of the molecule is CCCCCC(C)NC(=O)c1ccc(CC)cc1. The van der Waals surface area contributed by atoms with Gasteiger partial charge < -0.3 is 5.32 Å². The maximum absolute atomic E-state index is 12.0. The van der Waals surface area contributed by atoms with Crippen LogP contribution in [-0.2, 0) is 6.42 Å². The average Bonchev–Trinajstić information content (AvgIpc) is 2.39. The number of aryl methyl sites for hydroxylation is 1. The summed E-state index contributed by atoms with van der Waals surface area (Å²) >= 11 is 0. The lowest BCUT2D eigenvalue weighted by Gasteiger charge is -2.13. The van der Waals surface area contributed by atoms with Crippen LogP contribution in [-0.4, -0.2) is 11.9 Å². The van der Waals surface area contributed by atoms with Crippen LogP contribution in [0.3, 0.4) is 0 Å². The van der Waals surface area contributed by atoms with Crippen molar-refractivity contribution in [3.8, 4) is 0 Å². The van der Waals surface area contributed by atoms with Crippen molar-refractivity contribution in [2.45, 2.75) is 58.9 Å². The molecule has 18 heavy (non-hydrogen) atoms. The lowest BCUT2D eigenvalue weighted by Crippen LogP contribution is -2.32. The van der Waals surface area contributed by atoms with Gasteiger partial charge in [-0.05, 0) is 37.5 Å². The summed E-state index contributed by atoms with van der Waals surface area (Å²) in [6.07, 6.45) is 5.72. The lowest BCUT2D eigenvalue weighted by atomic mass is 10.1. The molecule has 0 saturated carbocycles. The molecule has 1 amide bonds. The van der Waals surface area contributed by atoms with E-state index in [-0.39, 0.29) is 11.9 Å². The van der Waals surface area contributed by atoms with Gasteiger partial charge in [0.05, 0.1) is 0 Å². The van der Waals surface area contributed by atoms with Gasteiger partial charge in [0.15, 0.2) is 0 Å². The third-order valence-corrected chi connectivity index (χ3v) is 3.24. The second kappa shape index (κ2) is 7.91. The first-order valence-electron chi connectivity index (χ1n) is 7.07. The molecule has 0 aromatic heterocycles. The molecule has 0 saturated heterocycles. The highest BCUT2D eigenvalue weighted by atomic mass is 16.1. The maximum atomic E-state index is 12.0. The van der Waals surface area contributed by atoms with E-state index in [0.717, 1.165) is 18.4 Å². The van der Waals surface area contributed by atoms with Crippen molar-refractivity contribution in [3.05, 3.63) is 35.4 Å². The summed E-state index contributed by atoms with van der Waals surface area (Å²) in [5.74, 6) is 0.0432. The van der Waals surface area contributed by atoms with Crippen molar-refractivity contribution in [2.24, 2.45) is 0 Å². The molecular formula is C16H25NO. The van der Waals surface area contributed by atoms with Crippen LogP contribution >= 0.6 is 0 Å². The van der Waals surface area contributed by atoms with E-state index in [1.807, 2.05) is 24.3 Å². The Morgan fingerprint density at radius 1 is 1.17 bits per heavy atom. The molecule has 1 aromatic carbocycles. The Morgan fingerprint density at radius 3 is 2.39 bits per heavy atom. The van der Waals surface area contributed by atoms with Crippen LogP contribution in [0.2, 0.25) is 0 Å². The molecule has 2 heteroatoms. The first-order valence-corrected chi connectivity index (χ1v) is 7.07. The van der Waals surface area contributed by atoms with Crippen molar-refractivity contribution in [2.75, 3.05) is 0 Å². The number of unbranched alkanes of at least 4 members (excludes halogenated alkanes) is 2. The van der Waals surface area contributed by atoms with Gasteiger partial charge in [-0.3, -0.25) is 4.79 Å². The largest absolute Gasteiger partial charge is 0.350 e. The molecule has 0 aliphatic carbocycles. The zero-order chi connectivity index (χ0) is 13.4. The number of rotatable bonds is 7. The number of hydrogen-bond donors (Lipinski definition) is 1. The van der Waals surface area contributed by atoms with E-state index in [1.165, 1.54) is 24.8 Å². The molecule has 1 rings (SSSR count). The van der Waals surface area contributed by atoms with Gasteiger partial charge in [0.25, 0.3) is 5.91 Å². The van der Waals surface area contributed by atoms with Gasteiger partial charge in [0, 0.05) is 11.6 Å². The fraction of sp³-hybridized carbons (Fsp3) is 0.562. The van der Waals surface area contributed by atoms with E-state index in [1.54, 1.807) is 0 Å². The second-order valence-corrected chi connectivity index (χ2v) is 4.92. The molecular weight excluding hydrogens is 222 g/mol. The molecule has 0 fully saturated rings. The van der Waals surface area contributed by atoms with Crippen LogP contribution < -0.4 is 5.32 Å². The van der Waals surface area contributed by atoms with Crippen LogP contribution in [0.15, 0.2) is 24.3 Å². The highest BCUT2D eigenvalue weighted by Gasteiger charge is 2.09. The molecule has 100 valence electrons. The fourth-order valence-electron chi connectivity index (χ4n) is 1.97. The number of amides is 1. The summed E-state index contributed by atoms with van der Waals surface area (Å²) in [6, 6.07) is 8.13. The van der Waals surface area contributed by atoms with E-state index in [9.17, 15) is 4.79 Å². The van der Waals surface area contributed by atoms with Crippen LogP contribution in [0.25, 0.3) is 0 Å². The molecule has 0 radical (unpaired) electrons. The fourth-order valence-corrected chi connectivity index (χ4v) is 1.97. The minimum absolute atomic E-state index is 0.0432. The van der Waals surface area contributed by atoms with Gasteiger partial charge in [0.2, 0.25) is 0 Å². The summed E-state index contributed by atoms with van der Waals surface area (Å²) in [5, 5.41) is 3.05. The molecule has 0 aliphatic heterocycles. The van der Waals surface area contributed by atoms with Gasteiger partial charge in [-0.25, -0.2) is 0 Å². The van der Waals surface area contributed by atoms with E-state index < -0.39 is 0 Å². The monoisotopic (exact) mass is 247 g/mol. The summed E-state index contributed by atoms with van der Waals surface area (Å²) < 4.78 is 0. The third-order valence-electron chi connectivity index (χ3n) is 3.24. The van der Waals surface area contributed by atoms with E-state index in [2.05, 4.69) is 26.1 Å². The van der Waals surface area contributed by atoms with Gasteiger partial charge in [-0.2, -0.15) is 0 Å². The van der Waals surface area contributed by atoms with Crippen LogP contribution in [0, 0.1) is 0 Å². The minimum atomic E-state index is 0.0432. The number of benzene rings is 1. The lowest BCUT2D eigenvalue weighted by molar-refractivity contribution is 0.0938. The van der Waals surface area contributed by atoms with E-state index in [4.69, 9.17) is 0 Å². The standard InChI is InChI=1S/C16H25NO/c1-4-6-7-8-13(3)17-16(18)15-11-9-14(5-2)10-12-15/h9-13H,4-8H2,1-3H3,(H,17,18). The number of nitrogens with one attached hydrogen (secondary N) is 1. The molecule has 2 nitrogen and oxygen atoms in total. The number of carbonyl (C=O) groups is 1. The van der Waals surface area contributed by atoms with Crippen LogP contribution in [0.1, 0.15) is 62.4 Å². The van der Waals surface area contributed by atoms with Gasteiger partial charge in [0.1, 0.15) is 0 Å². The Hall–Kier alpha value is -1.31. The predicted molar refractivity (Wildman–Crippen MR) is 76.9 cm³/mol. The maximum Gasteiger partial charge on any atom is 0.251 e. The zero-order valence-corrected chi connectivity index (χ0v) is 11.8. The van der Waals surface area contributed by atoms with Crippen LogP contribution in [0.4, 0.5) is 0 Å². The van der Waals surface area contributed by atoms with Gasteiger partial charge in [-0.15, -0.1) is 0 Å². The Morgan fingerprint density at radius 2 is 1.83 bits per heavy atom. The van der Waals surface area contributed by atoms with Crippen molar-refractivity contribution >= 4 is 5.91 Å². The summed E-state index contributed by atoms with van der Waals surface area (Å²) in [7, 11) is 0. The molecule has 0 bridgehead atoms. The number of hydrogen-bond acceptors (Lipinski definition) is 1. The van der Waals surface area contributed by atoms with Gasteiger partial charge >= 0.3 is 0 Å². The summed E-state index contributed by atoms with van der Waals surface area (Å²) in [5.41, 5.74) is 2.03. The summed E-state index contributed by atoms with van der Waals surface area (Å²) in [6.45, 7) is 6.39. The summed E-state index contributed by atoms with van der Waals surface area (Å²) in [4.78, 5) is 12.0. The zero-order valence-electron chi connectivity index (χ0n) is 11.8. The molecule has 1 aromatic rings. The van der Waals surface area contributed by atoms with Crippen LogP contribution in [0.5, 0.6) is 0 Å². The molecule has 1 N–H and O–H groups in total. The third kappa shape index (κ3) is 4.91. The molecule has 1 atom stereocenters. The second-order valence-electron chi connectivity index (χ2n) is 4.92. The van der Waals surface area contributed by atoms with Crippen molar-refractivity contribution in [1.82, 2.24) is 5.32 Å². The van der Waals surface area contributed by atoms with Crippen molar-refractivity contribution < 1.29 is 4.79 Å². The Balaban J connectivity index is 2.43. The van der Waals surface area contributed by atoms with E-state index in [0.29, 0.717) is 0 Å². The highest BCUT2D eigenvalue weighted by molar-refractivity contribution is 5.94. The minimum Gasteiger partial charge on any atom is -0.350 e. The Bertz CT molecular complexity index is 356. The Kier molecular flexibility index (Phi) is 6.48. The molecule has 0 heterocycles. The average molecular weight is 247 g/mol. The van der Waals surface area contributed by atoms with Gasteiger partial charge in [-0.1, -0.05) is 45.2 Å². The topological polar surface area (TPSA) is 29.1 Å². The molecule has 0 spiro atoms. The smallest absolute Gasteiger partial charge is 0.251 e. The predicted octanol–water partition coefficient (Wildman–Crippen LogP) is 3.95. The first kappa shape index (κ1) is 14.7. The normalized spacial score (nSPS) is 12.2.